The van der Waals surface area contributed by atoms with Crippen molar-refractivity contribution in [3.63, 3.8) is 0 Å². The number of benzene rings is 2. The number of carboxylic acids is 1. The van der Waals surface area contributed by atoms with Gasteiger partial charge in [-0.3, -0.25) is 9.59 Å². The Labute approximate surface area is 209 Å². The number of unbranched alkanes of at least 4 members (excludes halogenated alkanes) is 3. The summed E-state index contributed by atoms with van der Waals surface area (Å²) < 4.78 is 20.0. The lowest BCUT2D eigenvalue weighted by Crippen LogP contribution is -2.28. The molecule has 3 aromatic rings. The Morgan fingerprint density at radius 3 is 2.47 bits per heavy atom. The quantitative estimate of drug-likeness (QED) is 0.249. The maximum atomic E-state index is 14.1. The van der Waals surface area contributed by atoms with Crippen LogP contribution < -0.4 is 10.1 Å². The fourth-order valence-corrected chi connectivity index (χ4v) is 4.36. The number of halogens is 1. The van der Waals surface area contributed by atoms with Crippen LogP contribution in [0.1, 0.15) is 55.2 Å². The van der Waals surface area contributed by atoms with Gasteiger partial charge in [-0.05, 0) is 71.0 Å². The van der Waals surface area contributed by atoms with Gasteiger partial charge in [0.1, 0.15) is 12.4 Å². The number of hydrogen-bond acceptors (Lipinski definition) is 4. The summed E-state index contributed by atoms with van der Waals surface area (Å²) in [6, 6.07) is 16.6. The Morgan fingerprint density at radius 2 is 1.67 bits per heavy atom. The summed E-state index contributed by atoms with van der Waals surface area (Å²) >= 11 is 0. The van der Waals surface area contributed by atoms with Gasteiger partial charge in [0, 0.05) is 24.6 Å². The van der Waals surface area contributed by atoms with E-state index in [2.05, 4.69) is 10.3 Å². The summed E-state index contributed by atoms with van der Waals surface area (Å²) in [4.78, 5) is 26.9. The average Bonchev–Trinajstić information content (AvgIpc) is 3.17. The van der Waals surface area contributed by atoms with Crippen LogP contribution >= 0.6 is 0 Å². The van der Waals surface area contributed by atoms with Crippen molar-refractivity contribution in [3.05, 3.63) is 83.3 Å². The number of carboxylic acid groups (broad SMARTS) is 1. The highest BCUT2D eigenvalue weighted by Crippen LogP contribution is 2.45. The number of fused-ring (bicyclic) bond motifs is 3. The molecule has 0 saturated carbocycles. The van der Waals surface area contributed by atoms with Gasteiger partial charge in [0.15, 0.2) is 0 Å². The van der Waals surface area contributed by atoms with E-state index in [4.69, 9.17) is 9.84 Å². The first kappa shape index (κ1) is 25.1. The number of nitrogens with zero attached hydrogens (tertiary/aromatic N) is 1. The number of rotatable bonds is 12. The van der Waals surface area contributed by atoms with Crippen LogP contribution in [0.15, 0.2) is 60.8 Å². The van der Waals surface area contributed by atoms with Crippen molar-refractivity contribution in [1.82, 2.24) is 10.3 Å². The number of aliphatic carboxylic acids is 1. The van der Waals surface area contributed by atoms with Crippen molar-refractivity contribution >= 4 is 23.5 Å². The third-order valence-corrected chi connectivity index (χ3v) is 6.09. The molecule has 2 aromatic carbocycles. The first-order chi connectivity index (χ1) is 17.5. The van der Waals surface area contributed by atoms with Gasteiger partial charge in [-0.2, -0.15) is 0 Å². The molecule has 1 aliphatic rings. The van der Waals surface area contributed by atoms with Crippen molar-refractivity contribution in [2.24, 2.45) is 0 Å². The van der Waals surface area contributed by atoms with Crippen LogP contribution in [0, 0.1) is 5.82 Å². The zero-order valence-electron chi connectivity index (χ0n) is 20.0. The van der Waals surface area contributed by atoms with Crippen molar-refractivity contribution < 1.29 is 23.8 Å². The summed E-state index contributed by atoms with van der Waals surface area (Å²) in [5, 5.41) is 11.5. The molecule has 4 rings (SSSR count). The molecule has 186 valence electrons. The van der Waals surface area contributed by atoms with Crippen molar-refractivity contribution in [1.29, 1.82) is 0 Å². The zero-order chi connectivity index (χ0) is 25.3. The topological polar surface area (TPSA) is 88.5 Å². The molecule has 0 aliphatic heterocycles. The molecule has 6 nitrogen and oxygen atoms in total. The maximum absolute atomic E-state index is 14.1. The summed E-state index contributed by atoms with van der Waals surface area (Å²) in [5.41, 5.74) is 5.61. The number of carbonyl (C=O) groups is 2. The average molecular weight is 489 g/mol. The largest absolute Gasteiger partial charge is 0.481 e. The maximum Gasteiger partial charge on any atom is 0.303 e. The van der Waals surface area contributed by atoms with E-state index in [-0.39, 0.29) is 24.8 Å². The van der Waals surface area contributed by atoms with E-state index >= 15 is 0 Å². The number of pyridine rings is 1. The molecular formula is C29H29FN2O4. The number of hydrogen-bond donors (Lipinski definition) is 2. The molecule has 0 fully saturated rings. The van der Waals surface area contributed by atoms with Gasteiger partial charge in [0.2, 0.25) is 11.8 Å². The molecule has 0 spiro atoms. The Morgan fingerprint density at radius 1 is 0.917 bits per heavy atom. The smallest absolute Gasteiger partial charge is 0.303 e. The Bertz CT molecular complexity index is 1270. The van der Waals surface area contributed by atoms with E-state index in [1.807, 2.05) is 48.5 Å². The SMILES string of the molecule is O=C(O)CCCCCCC(=O)NCCOc1ncccc1C=C1c2ccccc2-c2ccc(F)cc21. The van der Waals surface area contributed by atoms with Gasteiger partial charge < -0.3 is 15.2 Å². The van der Waals surface area contributed by atoms with Gasteiger partial charge in [0.05, 0.1) is 6.54 Å². The summed E-state index contributed by atoms with van der Waals surface area (Å²) in [7, 11) is 0. The highest BCUT2D eigenvalue weighted by Gasteiger charge is 2.24. The predicted molar refractivity (Wildman–Crippen MR) is 137 cm³/mol. The second-order valence-corrected chi connectivity index (χ2v) is 8.70. The molecule has 1 amide bonds. The van der Waals surface area contributed by atoms with Crippen LogP contribution in [0.2, 0.25) is 0 Å². The Balaban J connectivity index is 1.34. The number of ether oxygens (including phenoxy) is 1. The third-order valence-electron chi connectivity index (χ3n) is 6.09. The highest BCUT2D eigenvalue weighted by molar-refractivity contribution is 6.06. The van der Waals surface area contributed by atoms with E-state index in [0.29, 0.717) is 25.3 Å². The molecule has 1 heterocycles. The third kappa shape index (κ3) is 6.36. The van der Waals surface area contributed by atoms with Crippen LogP contribution in [0.5, 0.6) is 5.88 Å². The standard InChI is InChI=1S/C29H29FN2O4/c30-21-13-14-24-22-9-5-6-10-23(22)25(26(24)19-21)18-20-8-7-15-32-29(20)36-17-16-31-27(33)11-3-1-2-4-12-28(34)35/h5-10,13-15,18-19H,1-4,11-12,16-17H2,(H,31,33)(H,34,35). The summed E-state index contributed by atoms with van der Waals surface area (Å²) in [6.07, 6.45) is 7.20. The van der Waals surface area contributed by atoms with Crippen molar-refractivity contribution in [2.75, 3.05) is 13.2 Å². The van der Waals surface area contributed by atoms with Crippen LogP contribution in [-0.2, 0) is 9.59 Å². The second kappa shape index (κ2) is 12.1. The first-order valence-electron chi connectivity index (χ1n) is 12.2. The number of amides is 1. The van der Waals surface area contributed by atoms with E-state index < -0.39 is 5.97 Å². The lowest BCUT2D eigenvalue weighted by molar-refractivity contribution is -0.137. The summed E-state index contributed by atoms with van der Waals surface area (Å²) in [5.74, 6) is -0.681. The van der Waals surface area contributed by atoms with E-state index in [1.165, 1.54) is 6.07 Å². The molecule has 1 aromatic heterocycles. The Kier molecular flexibility index (Phi) is 8.44. The monoisotopic (exact) mass is 488 g/mol. The van der Waals surface area contributed by atoms with Gasteiger partial charge >= 0.3 is 5.97 Å². The molecular weight excluding hydrogens is 459 g/mol. The molecule has 0 atom stereocenters. The fourth-order valence-electron chi connectivity index (χ4n) is 4.36. The van der Waals surface area contributed by atoms with Crippen molar-refractivity contribution in [2.45, 2.75) is 38.5 Å². The first-order valence-corrected chi connectivity index (χ1v) is 12.2. The fraction of sp³-hybridized carbons (Fsp3) is 0.276. The summed E-state index contributed by atoms with van der Waals surface area (Å²) in [6.45, 7) is 0.612. The minimum atomic E-state index is -0.785. The van der Waals surface area contributed by atoms with Gasteiger partial charge in [-0.25, -0.2) is 9.37 Å². The molecule has 0 radical (unpaired) electrons. The number of aromatic nitrogens is 1. The molecule has 0 unspecified atom stereocenters. The predicted octanol–water partition coefficient (Wildman–Crippen LogP) is 5.71. The highest BCUT2D eigenvalue weighted by atomic mass is 19.1. The van der Waals surface area contributed by atoms with Crippen LogP contribution in [0.4, 0.5) is 4.39 Å². The van der Waals surface area contributed by atoms with Crippen LogP contribution in [0.3, 0.4) is 0 Å². The van der Waals surface area contributed by atoms with Gasteiger partial charge in [0.25, 0.3) is 0 Å². The molecule has 1 aliphatic carbocycles. The molecule has 2 N–H and O–H groups in total. The normalized spacial score (nSPS) is 12.8. The Hall–Kier alpha value is -4.00. The second-order valence-electron chi connectivity index (χ2n) is 8.70. The minimum absolute atomic E-state index is 0.0543. The number of nitrogens with one attached hydrogen (secondary N) is 1. The lowest BCUT2D eigenvalue weighted by Gasteiger charge is -2.10. The van der Waals surface area contributed by atoms with Gasteiger partial charge in [-0.15, -0.1) is 0 Å². The molecule has 0 bridgehead atoms. The van der Waals surface area contributed by atoms with E-state index in [0.717, 1.165) is 52.7 Å². The van der Waals surface area contributed by atoms with E-state index in [1.54, 1.807) is 12.3 Å². The molecule has 0 saturated heterocycles. The van der Waals surface area contributed by atoms with Crippen LogP contribution in [-0.4, -0.2) is 35.1 Å². The zero-order valence-corrected chi connectivity index (χ0v) is 20.0. The van der Waals surface area contributed by atoms with Gasteiger partial charge in [-0.1, -0.05) is 43.2 Å². The number of carbonyl (C=O) groups excluding carboxylic acids is 1. The van der Waals surface area contributed by atoms with E-state index in [9.17, 15) is 14.0 Å². The van der Waals surface area contributed by atoms with Crippen LogP contribution in [0.25, 0.3) is 22.8 Å². The lowest BCUT2D eigenvalue weighted by atomic mass is 10.0. The molecule has 7 heteroatoms. The minimum Gasteiger partial charge on any atom is -0.481 e. The van der Waals surface area contributed by atoms with Crippen molar-refractivity contribution in [3.8, 4) is 17.0 Å². The molecule has 36 heavy (non-hydrogen) atoms.